The maximum Gasteiger partial charge on any atom is 0.292 e. The Hall–Kier alpha value is -1.65. The Balaban J connectivity index is 2.23. The van der Waals surface area contributed by atoms with E-state index in [-0.39, 0.29) is 0 Å². The van der Waals surface area contributed by atoms with Crippen LogP contribution in [0.15, 0.2) is 47.8 Å². The van der Waals surface area contributed by atoms with Crippen LogP contribution in [0.2, 0.25) is 0 Å². The van der Waals surface area contributed by atoms with E-state index in [1.54, 1.807) is 41.8 Å². The normalized spacial score (nSPS) is 9.93. The number of anilines is 1. The van der Waals surface area contributed by atoms with Crippen LogP contribution < -0.4 is 5.06 Å². The Labute approximate surface area is 91.2 Å². The number of nitrogens with zero attached hydrogens (tertiary/aromatic N) is 1. The molecule has 2 aromatic rings. The largest absolute Gasteiger partial charge is 0.292 e. The zero-order valence-corrected chi connectivity index (χ0v) is 8.65. The number of rotatable bonds is 2. The van der Waals surface area contributed by atoms with Gasteiger partial charge in [-0.2, -0.15) is 5.06 Å². The molecule has 0 saturated heterocycles. The van der Waals surface area contributed by atoms with Crippen molar-refractivity contribution in [2.45, 2.75) is 0 Å². The lowest BCUT2D eigenvalue weighted by atomic mass is 10.3. The summed E-state index contributed by atoms with van der Waals surface area (Å²) in [7, 11) is 0. The van der Waals surface area contributed by atoms with Gasteiger partial charge in [0.25, 0.3) is 5.91 Å². The molecule has 2 rings (SSSR count). The first kappa shape index (κ1) is 9.89. The van der Waals surface area contributed by atoms with Gasteiger partial charge in [-0.15, -0.1) is 11.3 Å². The van der Waals surface area contributed by atoms with E-state index in [1.165, 1.54) is 11.3 Å². The Morgan fingerprint density at radius 3 is 2.47 bits per heavy atom. The standard InChI is InChI=1S/C11H9NO2S/c13-11(10-7-4-8-15-10)12(14)9-5-2-1-3-6-9/h1-8,14H. The highest BCUT2D eigenvalue weighted by atomic mass is 32.1. The van der Waals surface area contributed by atoms with E-state index in [0.717, 1.165) is 0 Å². The number of carbonyl (C=O) groups is 1. The van der Waals surface area contributed by atoms with Crippen molar-refractivity contribution < 1.29 is 10.0 Å². The molecular weight excluding hydrogens is 210 g/mol. The lowest BCUT2D eigenvalue weighted by Crippen LogP contribution is -2.25. The van der Waals surface area contributed by atoms with Gasteiger partial charge in [0, 0.05) is 0 Å². The molecule has 3 nitrogen and oxygen atoms in total. The van der Waals surface area contributed by atoms with Gasteiger partial charge < -0.3 is 0 Å². The molecule has 0 aliphatic rings. The van der Waals surface area contributed by atoms with Gasteiger partial charge in [0.15, 0.2) is 0 Å². The molecule has 0 saturated carbocycles. The van der Waals surface area contributed by atoms with Crippen LogP contribution in [0.3, 0.4) is 0 Å². The van der Waals surface area contributed by atoms with Crippen LogP contribution in [0.5, 0.6) is 0 Å². The predicted molar refractivity (Wildman–Crippen MR) is 59.4 cm³/mol. The average molecular weight is 219 g/mol. The van der Waals surface area contributed by atoms with Gasteiger partial charge >= 0.3 is 0 Å². The third-order valence-electron chi connectivity index (χ3n) is 1.93. The molecule has 76 valence electrons. The number of amides is 1. The van der Waals surface area contributed by atoms with Crippen LogP contribution in [0.1, 0.15) is 9.67 Å². The molecule has 1 heterocycles. The fourth-order valence-corrected chi connectivity index (χ4v) is 1.84. The first-order valence-electron chi connectivity index (χ1n) is 4.41. The van der Waals surface area contributed by atoms with Gasteiger partial charge in [-0.1, -0.05) is 24.3 Å². The Bertz CT molecular complexity index is 439. The smallest absolute Gasteiger partial charge is 0.281 e. The molecule has 1 amide bonds. The molecule has 0 aliphatic heterocycles. The fourth-order valence-electron chi connectivity index (χ4n) is 1.19. The van der Waals surface area contributed by atoms with Crippen molar-refractivity contribution in [1.82, 2.24) is 0 Å². The molecule has 1 aromatic heterocycles. The van der Waals surface area contributed by atoms with Gasteiger partial charge in [-0.05, 0) is 23.6 Å². The quantitative estimate of drug-likeness (QED) is 0.623. The summed E-state index contributed by atoms with van der Waals surface area (Å²) in [5.74, 6) is -0.406. The molecular formula is C11H9NO2S. The van der Waals surface area contributed by atoms with E-state index in [9.17, 15) is 10.0 Å². The summed E-state index contributed by atoms with van der Waals surface area (Å²) in [5.41, 5.74) is 0.468. The van der Waals surface area contributed by atoms with E-state index in [4.69, 9.17) is 0 Å². The molecule has 0 bridgehead atoms. The average Bonchev–Trinajstić information content (AvgIpc) is 2.82. The zero-order chi connectivity index (χ0) is 10.7. The molecule has 0 aliphatic carbocycles. The summed E-state index contributed by atoms with van der Waals surface area (Å²) < 4.78 is 0. The van der Waals surface area contributed by atoms with Gasteiger partial charge in [0.1, 0.15) is 0 Å². The SMILES string of the molecule is O=C(c1cccs1)N(O)c1ccccc1. The van der Waals surface area contributed by atoms with E-state index in [1.807, 2.05) is 6.07 Å². The van der Waals surface area contributed by atoms with Gasteiger partial charge in [-0.25, -0.2) is 0 Å². The number of hydrogen-bond acceptors (Lipinski definition) is 3. The molecule has 0 radical (unpaired) electrons. The lowest BCUT2D eigenvalue weighted by Gasteiger charge is -2.13. The second-order valence-corrected chi connectivity index (χ2v) is 3.88. The number of carbonyl (C=O) groups excluding carboxylic acids is 1. The lowest BCUT2D eigenvalue weighted by molar-refractivity contribution is 0.0859. The highest BCUT2D eigenvalue weighted by molar-refractivity contribution is 7.12. The Kier molecular flexibility index (Phi) is 2.80. The predicted octanol–water partition coefficient (Wildman–Crippen LogP) is 2.78. The number of benzene rings is 1. The van der Waals surface area contributed by atoms with Crippen LogP contribution in [-0.2, 0) is 0 Å². The summed E-state index contributed by atoms with van der Waals surface area (Å²) >= 11 is 1.30. The van der Waals surface area contributed by atoms with Crippen molar-refractivity contribution >= 4 is 22.9 Å². The van der Waals surface area contributed by atoms with E-state index in [2.05, 4.69) is 0 Å². The van der Waals surface area contributed by atoms with Crippen molar-refractivity contribution in [2.24, 2.45) is 0 Å². The fraction of sp³-hybridized carbons (Fsp3) is 0. The second-order valence-electron chi connectivity index (χ2n) is 2.93. The minimum absolute atomic E-state index is 0.406. The minimum atomic E-state index is -0.406. The van der Waals surface area contributed by atoms with E-state index < -0.39 is 5.91 Å². The minimum Gasteiger partial charge on any atom is -0.281 e. The number of hydrogen-bond donors (Lipinski definition) is 1. The maximum atomic E-state index is 11.7. The summed E-state index contributed by atoms with van der Waals surface area (Å²) in [6.45, 7) is 0. The zero-order valence-electron chi connectivity index (χ0n) is 7.83. The van der Waals surface area contributed by atoms with Crippen LogP contribution in [-0.4, -0.2) is 11.1 Å². The van der Waals surface area contributed by atoms with Crippen LogP contribution >= 0.6 is 11.3 Å². The van der Waals surface area contributed by atoms with Crippen molar-refractivity contribution in [3.63, 3.8) is 0 Å². The monoisotopic (exact) mass is 219 g/mol. The van der Waals surface area contributed by atoms with Gasteiger partial charge in [0.05, 0.1) is 10.6 Å². The van der Waals surface area contributed by atoms with Crippen LogP contribution in [0.25, 0.3) is 0 Å². The Morgan fingerprint density at radius 2 is 1.87 bits per heavy atom. The molecule has 0 atom stereocenters. The molecule has 0 spiro atoms. The van der Waals surface area contributed by atoms with Crippen LogP contribution in [0, 0.1) is 0 Å². The summed E-state index contributed by atoms with van der Waals surface area (Å²) in [6, 6.07) is 12.2. The van der Waals surface area contributed by atoms with Crippen molar-refractivity contribution in [3.05, 3.63) is 52.7 Å². The van der Waals surface area contributed by atoms with Crippen molar-refractivity contribution in [3.8, 4) is 0 Å². The third-order valence-corrected chi connectivity index (χ3v) is 2.78. The molecule has 0 fully saturated rings. The molecule has 1 aromatic carbocycles. The number of hydroxylamine groups is 1. The molecule has 0 unspecified atom stereocenters. The number of thiophene rings is 1. The third kappa shape index (κ3) is 2.06. The summed E-state index contributed by atoms with van der Waals surface area (Å²) in [5, 5.41) is 12.1. The van der Waals surface area contributed by atoms with Gasteiger partial charge in [-0.3, -0.25) is 10.0 Å². The summed E-state index contributed by atoms with van der Waals surface area (Å²) in [4.78, 5) is 12.2. The second kappa shape index (κ2) is 4.25. The molecule has 15 heavy (non-hydrogen) atoms. The highest BCUT2D eigenvalue weighted by Gasteiger charge is 2.15. The number of para-hydroxylation sites is 1. The topological polar surface area (TPSA) is 40.5 Å². The van der Waals surface area contributed by atoms with Crippen molar-refractivity contribution in [1.29, 1.82) is 0 Å². The van der Waals surface area contributed by atoms with E-state index >= 15 is 0 Å². The van der Waals surface area contributed by atoms with Crippen molar-refractivity contribution in [2.75, 3.05) is 5.06 Å². The maximum absolute atomic E-state index is 11.7. The van der Waals surface area contributed by atoms with E-state index in [0.29, 0.717) is 15.6 Å². The molecule has 1 N–H and O–H groups in total. The van der Waals surface area contributed by atoms with Gasteiger partial charge in [0.2, 0.25) is 0 Å². The Morgan fingerprint density at radius 1 is 1.13 bits per heavy atom. The summed E-state index contributed by atoms with van der Waals surface area (Å²) in [6.07, 6.45) is 0. The first-order valence-corrected chi connectivity index (χ1v) is 5.29. The first-order chi connectivity index (χ1) is 7.29. The van der Waals surface area contributed by atoms with Crippen LogP contribution in [0.4, 0.5) is 5.69 Å². The highest BCUT2D eigenvalue weighted by Crippen LogP contribution is 2.17. The molecule has 4 heteroatoms.